The van der Waals surface area contributed by atoms with E-state index in [1.165, 1.54) is 4.90 Å². The number of hydrogen-bond donors (Lipinski definition) is 2. The van der Waals surface area contributed by atoms with Crippen LogP contribution in [0.5, 0.6) is 0 Å². The number of rotatable bonds is 7. The Kier molecular flexibility index (Phi) is 7.31. The summed E-state index contributed by atoms with van der Waals surface area (Å²) >= 11 is 1.08. The van der Waals surface area contributed by atoms with Crippen LogP contribution in [0, 0.1) is 5.92 Å². The van der Waals surface area contributed by atoms with Crippen LogP contribution in [0.1, 0.15) is 25.3 Å². The number of aliphatic carboxylic acids is 1. The molecule has 0 bridgehead atoms. The molecule has 1 saturated heterocycles. The minimum Gasteiger partial charge on any atom is -0.480 e. The Bertz CT molecular complexity index is 608. The quantitative estimate of drug-likeness (QED) is 0.776. The summed E-state index contributed by atoms with van der Waals surface area (Å²) in [5, 5.41) is 11.9. The standard InChI is InChI=1S/C18H24N2O4S/c1-2-19-18(24)25-12-14(11-13-7-4-3-5-8-13)16(21)20-10-6-9-15(20)17(22)23/h3-5,7-8,14-15H,2,6,9-12H2,1H3,(H,19,24)(H,22,23)/t14?,15-/m0/s1. The van der Waals surface area contributed by atoms with Gasteiger partial charge in [0, 0.05) is 18.8 Å². The van der Waals surface area contributed by atoms with Crippen molar-refractivity contribution in [3.63, 3.8) is 0 Å². The molecule has 7 heteroatoms. The van der Waals surface area contributed by atoms with Crippen LogP contribution in [0.25, 0.3) is 0 Å². The minimum atomic E-state index is -0.958. The lowest BCUT2D eigenvalue weighted by atomic mass is 9.99. The van der Waals surface area contributed by atoms with Crippen LogP contribution < -0.4 is 5.32 Å². The van der Waals surface area contributed by atoms with E-state index in [2.05, 4.69) is 5.32 Å². The molecule has 1 aromatic carbocycles. The monoisotopic (exact) mass is 364 g/mol. The second-order valence-corrected chi connectivity index (χ2v) is 7.04. The van der Waals surface area contributed by atoms with Crippen molar-refractivity contribution < 1.29 is 19.5 Å². The second kappa shape index (κ2) is 9.46. The van der Waals surface area contributed by atoms with Crippen molar-refractivity contribution >= 4 is 28.9 Å². The molecule has 1 fully saturated rings. The summed E-state index contributed by atoms with van der Waals surface area (Å²) in [5.41, 5.74) is 1.00. The highest BCUT2D eigenvalue weighted by atomic mass is 32.2. The first kappa shape index (κ1) is 19.3. The van der Waals surface area contributed by atoms with E-state index >= 15 is 0 Å². The van der Waals surface area contributed by atoms with Gasteiger partial charge in [0.05, 0.1) is 5.92 Å². The summed E-state index contributed by atoms with van der Waals surface area (Å²) in [6.45, 7) is 2.84. The molecule has 2 amide bonds. The summed E-state index contributed by atoms with van der Waals surface area (Å²) < 4.78 is 0. The normalized spacial score (nSPS) is 18.0. The average molecular weight is 364 g/mol. The van der Waals surface area contributed by atoms with E-state index < -0.39 is 17.9 Å². The van der Waals surface area contributed by atoms with Gasteiger partial charge in [0.1, 0.15) is 6.04 Å². The molecule has 1 unspecified atom stereocenters. The van der Waals surface area contributed by atoms with Crippen LogP contribution >= 0.6 is 11.8 Å². The SMILES string of the molecule is CCNC(=O)SCC(Cc1ccccc1)C(=O)N1CCC[C@H]1C(=O)O. The molecule has 1 aliphatic heterocycles. The first-order chi connectivity index (χ1) is 12.0. The van der Waals surface area contributed by atoms with Crippen molar-refractivity contribution in [2.75, 3.05) is 18.8 Å². The third kappa shape index (κ3) is 5.49. The molecule has 0 aromatic heterocycles. The molecule has 1 heterocycles. The third-order valence-electron chi connectivity index (χ3n) is 4.23. The third-order valence-corrected chi connectivity index (χ3v) is 5.21. The number of nitrogens with one attached hydrogen (secondary N) is 1. The van der Waals surface area contributed by atoms with E-state index in [9.17, 15) is 19.5 Å². The number of amides is 2. The van der Waals surface area contributed by atoms with Crippen molar-refractivity contribution in [1.82, 2.24) is 10.2 Å². The zero-order valence-electron chi connectivity index (χ0n) is 14.3. The Labute approximate surface area is 152 Å². The molecule has 0 saturated carbocycles. The van der Waals surface area contributed by atoms with Crippen LogP contribution in [0.3, 0.4) is 0 Å². The Hall–Kier alpha value is -2.02. The van der Waals surface area contributed by atoms with Crippen molar-refractivity contribution in [3.8, 4) is 0 Å². The molecule has 1 aromatic rings. The Morgan fingerprint density at radius 3 is 2.68 bits per heavy atom. The first-order valence-corrected chi connectivity index (χ1v) is 9.49. The van der Waals surface area contributed by atoms with Crippen molar-refractivity contribution in [3.05, 3.63) is 35.9 Å². The first-order valence-electron chi connectivity index (χ1n) is 8.50. The number of thioether (sulfide) groups is 1. The maximum absolute atomic E-state index is 13.0. The lowest BCUT2D eigenvalue weighted by molar-refractivity contribution is -0.149. The molecule has 6 nitrogen and oxygen atoms in total. The molecule has 2 atom stereocenters. The molecular weight excluding hydrogens is 340 g/mol. The largest absolute Gasteiger partial charge is 0.480 e. The molecule has 25 heavy (non-hydrogen) atoms. The van der Waals surface area contributed by atoms with Crippen LogP contribution in [-0.2, 0) is 16.0 Å². The highest BCUT2D eigenvalue weighted by molar-refractivity contribution is 8.13. The number of carboxylic acids is 1. The van der Waals surface area contributed by atoms with Crippen LogP contribution in [0.2, 0.25) is 0 Å². The Morgan fingerprint density at radius 2 is 2.04 bits per heavy atom. The molecular formula is C18H24N2O4S. The zero-order chi connectivity index (χ0) is 18.2. The van der Waals surface area contributed by atoms with E-state index in [0.29, 0.717) is 38.1 Å². The molecule has 1 aliphatic rings. The van der Waals surface area contributed by atoms with Gasteiger partial charge in [0.25, 0.3) is 5.24 Å². The molecule has 2 N–H and O–H groups in total. The maximum Gasteiger partial charge on any atom is 0.326 e. The van der Waals surface area contributed by atoms with Crippen LogP contribution in [0.4, 0.5) is 4.79 Å². The summed E-state index contributed by atoms with van der Waals surface area (Å²) in [7, 11) is 0. The van der Waals surface area contributed by atoms with Gasteiger partial charge in [-0.05, 0) is 31.7 Å². The predicted molar refractivity (Wildman–Crippen MR) is 97.5 cm³/mol. The van der Waals surface area contributed by atoms with Gasteiger partial charge >= 0.3 is 5.97 Å². The highest BCUT2D eigenvalue weighted by Gasteiger charge is 2.37. The second-order valence-electron chi connectivity index (χ2n) is 6.04. The van der Waals surface area contributed by atoms with Gasteiger partial charge in [-0.3, -0.25) is 9.59 Å². The molecule has 2 rings (SSSR count). The van der Waals surface area contributed by atoms with Gasteiger partial charge in [-0.1, -0.05) is 42.1 Å². The van der Waals surface area contributed by atoms with Crippen molar-refractivity contribution in [1.29, 1.82) is 0 Å². The lowest BCUT2D eigenvalue weighted by Crippen LogP contribution is -2.44. The fourth-order valence-corrected chi connectivity index (χ4v) is 3.87. The minimum absolute atomic E-state index is 0.162. The van der Waals surface area contributed by atoms with Crippen LogP contribution in [0.15, 0.2) is 30.3 Å². The maximum atomic E-state index is 13.0. The summed E-state index contributed by atoms with van der Waals surface area (Å²) in [6, 6.07) is 8.85. The van der Waals surface area contributed by atoms with Crippen LogP contribution in [-0.4, -0.2) is 52.0 Å². The van der Waals surface area contributed by atoms with Gasteiger partial charge < -0.3 is 15.3 Å². The number of benzene rings is 1. The van der Waals surface area contributed by atoms with Gasteiger partial charge in [-0.15, -0.1) is 0 Å². The molecule has 0 spiro atoms. The number of likely N-dealkylation sites (tertiary alicyclic amines) is 1. The average Bonchev–Trinajstić information content (AvgIpc) is 3.09. The summed E-state index contributed by atoms with van der Waals surface area (Å²) in [6.07, 6.45) is 1.68. The fourth-order valence-electron chi connectivity index (χ4n) is 3.01. The molecule has 0 aliphatic carbocycles. The Morgan fingerprint density at radius 1 is 1.32 bits per heavy atom. The van der Waals surface area contributed by atoms with Gasteiger partial charge in [0.2, 0.25) is 5.91 Å². The highest BCUT2D eigenvalue weighted by Crippen LogP contribution is 2.24. The zero-order valence-corrected chi connectivity index (χ0v) is 15.1. The van der Waals surface area contributed by atoms with Gasteiger partial charge in [0.15, 0.2) is 0 Å². The number of carbonyl (C=O) groups is 3. The Balaban J connectivity index is 2.10. The van der Waals surface area contributed by atoms with E-state index in [1.54, 1.807) is 0 Å². The lowest BCUT2D eigenvalue weighted by Gasteiger charge is -2.26. The van der Waals surface area contributed by atoms with E-state index in [0.717, 1.165) is 17.3 Å². The number of carbonyl (C=O) groups excluding carboxylic acids is 2. The topological polar surface area (TPSA) is 86.7 Å². The smallest absolute Gasteiger partial charge is 0.326 e. The molecule has 0 radical (unpaired) electrons. The summed E-state index contributed by atoms with van der Waals surface area (Å²) in [4.78, 5) is 37.6. The van der Waals surface area contributed by atoms with Gasteiger partial charge in [-0.2, -0.15) is 0 Å². The number of nitrogens with zero attached hydrogens (tertiary/aromatic N) is 1. The number of carboxylic acid groups (broad SMARTS) is 1. The van der Waals surface area contributed by atoms with Crippen molar-refractivity contribution in [2.45, 2.75) is 32.2 Å². The van der Waals surface area contributed by atoms with E-state index in [4.69, 9.17) is 0 Å². The van der Waals surface area contributed by atoms with Crippen molar-refractivity contribution in [2.24, 2.45) is 5.92 Å². The molecule has 136 valence electrons. The van der Waals surface area contributed by atoms with Gasteiger partial charge in [-0.25, -0.2) is 4.79 Å². The summed E-state index contributed by atoms with van der Waals surface area (Å²) in [5.74, 6) is -1.22. The fraction of sp³-hybridized carbons (Fsp3) is 0.500. The van der Waals surface area contributed by atoms with E-state index in [-0.39, 0.29) is 11.1 Å². The predicted octanol–water partition coefficient (Wildman–Crippen LogP) is 2.38. The number of hydrogen-bond acceptors (Lipinski definition) is 4. The van der Waals surface area contributed by atoms with E-state index in [1.807, 2.05) is 37.3 Å².